The van der Waals surface area contributed by atoms with Gasteiger partial charge < -0.3 is 15.0 Å². The number of ether oxygens (including phenoxy) is 1. The molecule has 1 N–H and O–H groups in total. The number of anilines is 2. The van der Waals surface area contributed by atoms with Gasteiger partial charge in [0.1, 0.15) is 0 Å². The summed E-state index contributed by atoms with van der Waals surface area (Å²) in [5.41, 5.74) is 2.37. The standard InChI is InChI=1S/C13H19ClN2O/c1-13(8-17-9-13)7-15-11-6-4-5-10(14)12(11)16(2)3/h4-6,15H,7-9H2,1-3H3. The molecule has 17 heavy (non-hydrogen) atoms. The molecular weight excluding hydrogens is 236 g/mol. The van der Waals surface area contributed by atoms with E-state index in [1.807, 2.05) is 31.1 Å². The number of nitrogens with one attached hydrogen (secondary N) is 1. The minimum Gasteiger partial charge on any atom is -0.383 e. The van der Waals surface area contributed by atoms with Gasteiger partial charge in [0.05, 0.1) is 29.6 Å². The molecule has 0 bridgehead atoms. The van der Waals surface area contributed by atoms with E-state index in [0.29, 0.717) is 0 Å². The lowest BCUT2D eigenvalue weighted by molar-refractivity contribution is -0.0924. The van der Waals surface area contributed by atoms with Crippen molar-refractivity contribution in [1.29, 1.82) is 0 Å². The van der Waals surface area contributed by atoms with Crippen LogP contribution in [0.25, 0.3) is 0 Å². The Morgan fingerprint density at radius 2 is 2.12 bits per heavy atom. The van der Waals surface area contributed by atoms with Gasteiger partial charge in [-0.25, -0.2) is 0 Å². The molecule has 0 saturated carbocycles. The van der Waals surface area contributed by atoms with Crippen molar-refractivity contribution in [3.05, 3.63) is 23.2 Å². The Morgan fingerprint density at radius 1 is 1.41 bits per heavy atom. The van der Waals surface area contributed by atoms with E-state index in [9.17, 15) is 0 Å². The number of nitrogens with zero attached hydrogens (tertiary/aromatic N) is 1. The average Bonchev–Trinajstić information content (AvgIpc) is 2.23. The van der Waals surface area contributed by atoms with Crippen LogP contribution in [0, 0.1) is 5.41 Å². The van der Waals surface area contributed by atoms with Crippen LogP contribution in [0.2, 0.25) is 5.02 Å². The van der Waals surface area contributed by atoms with Gasteiger partial charge in [0, 0.05) is 26.1 Å². The van der Waals surface area contributed by atoms with Gasteiger partial charge in [-0.3, -0.25) is 0 Å². The van der Waals surface area contributed by atoms with Gasteiger partial charge in [0.25, 0.3) is 0 Å². The Morgan fingerprint density at radius 3 is 2.65 bits per heavy atom. The summed E-state index contributed by atoms with van der Waals surface area (Å²) < 4.78 is 5.25. The summed E-state index contributed by atoms with van der Waals surface area (Å²) in [5.74, 6) is 0. The van der Waals surface area contributed by atoms with Crippen LogP contribution >= 0.6 is 11.6 Å². The third-order valence-electron chi connectivity index (χ3n) is 3.04. The third kappa shape index (κ3) is 2.67. The van der Waals surface area contributed by atoms with Gasteiger partial charge in [-0.15, -0.1) is 0 Å². The molecule has 0 aliphatic carbocycles. The maximum absolute atomic E-state index is 6.22. The Labute approximate surface area is 108 Å². The van der Waals surface area contributed by atoms with E-state index in [2.05, 4.69) is 18.3 Å². The zero-order valence-electron chi connectivity index (χ0n) is 10.6. The lowest BCUT2D eigenvalue weighted by Gasteiger charge is -2.38. The monoisotopic (exact) mass is 254 g/mol. The fourth-order valence-electron chi connectivity index (χ4n) is 1.97. The van der Waals surface area contributed by atoms with Crippen LogP contribution in [0.15, 0.2) is 18.2 Å². The van der Waals surface area contributed by atoms with Crippen molar-refractivity contribution in [3.63, 3.8) is 0 Å². The van der Waals surface area contributed by atoms with E-state index in [4.69, 9.17) is 16.3 Å². The molecule has 0 unspecified atom stereocenters. The van der Waals surface area contributed by atoms with Crippen molar-refractivity contribution in [2.24, 2.45) is 5.41 Å². The predicted octanol–water partition coefficient (Wildman–Crippen LogP) is 2.85. The van der Waals surface area contributed by atoms with Gasteiger partial charge in [-0.2, -0.15) is 0 Å². The predicted molar refractivity (Wildman–Crippen MR) is 73.2 cm³/mol. The van der Waals surface area contributed by atoms with Crippen LogP contribution in [0.3, 0.4) is 0 Å². The van der Waals surface area contributed by atoms with E-state index in [0.717, 1.165) is 36.2 Å². The zero-order chi connectivity index (χ0) is 12.5. The SMILES string of the molecule is CN(C)c1c(Cl)cccc1NCC1(C)COC1. The second kappa shape index (κ2) is 4.75. The van der Waals surface area contributed by atoms with Crippen LogP contribution in [0.1, 0.15) is 6.92 Å². The molecule has 4 heteroatoms. The maximum atomic E-state index is 6.22. The normalized spacial score (nSPS) is 17.4. The number of halogens is 1. The summed E-state index contributed by atoms with van der Waals surface area (Å²) in [6, 6.07) is 5.94. The van der Waals surface area contributed by atoms with Crippen LogP contribution in [-0.4, -0.2) is 33.9 Å². The Hall–Kier alpha value is -0.930. The van der Waals surface area contributed by atoms with Crippen molar-refractivity contribution < 1.29 is 4.74 Å². The first-order valence-electron chi connectivity index (χ1n) is 5.79. The van der Waals surface area contributed by atoms with Gasteiger partial charge in [0.15, 0.2) is 0 Å². The van der Waals surface area contributed by atoms with Crippen LogP contribution in [0.5, 0.6) is 0 Å². The second-order valence-electron chi connectivity index (χ2n) is 5.19. The smallest absolute Gasteiger partial charge is 0.0786 e. The lowest BCUT2D eigenvalue weighted by Crippen LogP contribution is -2.45. The van der Waals surface area contributed by atoms with Crippen molar-refractivity contribution in [2.75, 3.05) is 44.1 Å². The van der Waals surface area contributed by atoms with Gasteiger partial charge in [-0.1, -0.05) is 24.6 Å². The summed E-state index contributed by atoms with van der Waals surface area (Å²) in [7, 11) is 4.00. The summed E-state index contributed by atoms with van der Waals surface area (Å²) >= 11 is 6.22. The molecule has 1 saturated heterocycles. The average molecular weight is 255 g/mol. The van der Waals surface area contributed by atoms with Gasteiger partial charge in [0.2, 0.25) is 0 Å². The molecule has 1 aliphatic rings. The van der Waals surface area contributed by atoms with Crippen LogP contribution in [-0.2, 0) is 4.74 Å². The Kier molecular flexibility index (Phi) is 3.50. The molecule has 1 aromatic carbocycles. The number of hydrogen-bond acceptors (Lipinski definition) is 3. The topological polar surface area (TPSA) is 24.5 Å². The molecule has 0 aromatic heterocycles. The molecule has 0 amide bonds. The van der Waals surface area contributed by atoms with Gasteiger partial charge >= 0.3 is 0 Å². The molecule has 2 rings (SSSR count). The molecule has 1 aliphatic heterocycles. The van der Waals surface area contributed by atoms with Crippen molar-refractivity contribution in [2.45, 2.75) is 6.92 Å². The van der Waals surface area contributed by atoms with Crippen molar-refractivity contribution in [1.82, 2.24) is 0 Å². The molecule has 0 atom stereocenters. The van der Waals surface area contributed by atoms with E-state index in [1.165, 1.54) is 0 Å². The molecule has 3 nitrogen and oxygen atoms in total. The number of rotatable bonds is 4. The minimum absolute atomic E-state index is 0.256. The minimum atomic E-state index is 0.256. The number of hydrogen-bond donors (Lipinski definition) is 1. The molecule has 1 heterocycles. The quantitative estimate of drug-likeness (QED) is 0.894. The highest BCUT2D eigenvalue weighted by molar-refractivity contribution is 6.34. The first kappa shape index (κ1) is 12.5. The molecule has 94 valence electrons. The summed E-state index contributed by atoms with van der Waals surface area (Å²) in [4.78, 5) is 2.03. The summed E-state index contributed by atoms with van der Waals surface area (Å²) in [6.45, 7) is 4.80. The van der Waals surface area contributed by atoms with Crippen LogP contribution in [0.4, 0.5) is 11.4 Å². The lowest BCUT2D eigenvalue weighted by atomic mass is 9.88. The van der Waals surface area contributed by atoms with E-state index < -0.39 is 0 Å². The molecule has 1 fully saturated rings. The highest BCUT2D eigenvalue weighted by Gasteiger charge is 2.33. The first-order chi connectivity index (χ1) is 8.02. The fraction of sp³-hybridized carbons (Fsp3) is 0.538. The van der Waals surface area contributed by atoms with E-state index >= 15 is 0 Å². The van der Waals surface area contributed by atoms with E-state index in [-0.39, 0.29) is 5.41 Å². The van der Waals surface area contributed by atoms with E-state index in [1.54, 1.807) is 0 Å². The largest absolute Gasteiger partial charge is 0.383 e. The molecular formula is C13H19ClN2O. The highest BCUT2D eigenvalue weighted by atomic mass is 35.5. The highest BCUT2D eigenvalue weighted by Crippen LogP contribution is 2.34. The first-order valence-corrected chi connectivity index (χ1v) is 6.17. The summed E-state index contributed by atoms with van der Waals surface area (Å²) in [5, 5.41) is 4.24. The zero-order valence-corrected chi connectivity index (χ0v) is 11.3. The van der Waals surface area contributed by atoms with Crippen LogP contribution < -0.4 is 10.2 Å². The van der Waals surface area contributed by atoms with Crippen molar-refractivity contribution >= 4 is 23.0 Å². The molecule has 0 spiro atoms. The Balaban J connectivity index is 2.12. The number of benzene rings is 1. The Bertz CT molecular complexity index is 402. The van der Waals surface area contributed by atoms with Crippen molar-refractivity contribution in [3.8, 4) is 0 Å². The van der Waals surface area contributed by atoms with Gasteiger partial charge in [-0.05, 0) is 12.1 Å². The maximum Gasteiger partial charge on any atom is 0.0786 e. The second-order valence-corrected chi connectivity index (χ2v) is 5.59. The summed E-state index contributed by atoms with van der Waals surface area (Å²) in [6.07, 6.45) is 0. The molecule has 0 radical (unpaired) electrons. The third-order valence-corrected chi connectivity index (χ3v) is 3.35. The number of para-hydroxylation sites is 1. The molecule has 1 aromatic rings. The fourth-order valence-corrected chi connectivity index (χ4v) is 2.32.